The van der Waals surface area contributed by atoms with E-state index in [9.17, 15) is 18.5 Å². The van der Waals surface area contributed by atoms with E-state index >= 15 is 0 Å². The molecule has 0 spiro atoms. The first-order valence-electron chi connectivity index (χ1n) is 5.71. The number of sulfone groups is 1. The van der Waals surface area contributed by atoms with Crippen molar-refractivity contribution in [1.82, 2.24) is 0 Å². The monoisotopic (exact) mass is 302 g/mol. The number of hydrogen-bond acceptors (Lipinski definition) is 6. The van der Waals surface area contributed by atoms with E-state index in [4.69, 9.17) is 0 Å². The van der Waals surface area contributed by atoms with Crippen LogP contribution in [0, 0.1) is 10.1 Å². The zero-order valence-electron chi connectivity index (χ0n) is 10.4. The van der Waals surface area contributed by atoms with Crippen molar-refractivity contribution in [2.45, 2.75) is 4.90 Å². The minimum Gasteiger partial charge on any atom is -0.370 e. The van der Waals surface area contributed by atoms with Crippen LogP contribution < -0.4 is 4.90 Å². The highest BCUT2D eigenvalue weighted by molar-refractivity contribution is 7.99. The maximum Gasteiger partial charge on any atom is 0.288 e. The molecule has 6 nitrogen and oxygen atoms in total. The Morgan fingerprint density at radius 3 is 2.47 bits per heavy atom. The van der Waals surface area contributed by atoms with Crippen LogP contribution in [0.4, 0.5) is 11.4 Å². The van der Waals surface area contributed by atoms with E-state index in [0.717, 1.165) is 36.5 Å². The average molecular weight is 302 g/mol. The Bertz CT molecular complexity index is 595. The third-order valence-corrected chi connectivity index (χ3v) is 4.98. The molecule has 0 unspecified atom stereocenters. The van der Waals surface area contributed by atoms with E-state index in [1.165, 1.54) is 12.1 Å². The van der Waals surface area contributed by atoms with Gasteiger partial charge in [-0.05, 0) is 12.1 Å². The summed E-state index contributed by atoms with van der Waals surface area (Å²) in [5.74, 6) is 1.95. The van der Waals surface area contributed by atoms with E-state index in [0.29, 0.717) is 0 Å². The number of benzene rings is 1. The SMILES string of the molecule is CS(=O)(=O)c1cc(N2CCSCC2)ccc1[N+](=O)[O-]. The summed E-state index contributed by atoms with van der Waals surface area (Å²) in [6.07, 6.45) is 0.991. The first-order valence-corrected chi connectivity index (χ1v) is 8.75. The molecule has 0 N–H and O–H groups in total. The number of rotatable bonds is 3. The van der Waals surface area contributed by atoms with Crippen LogP contribution in [0.5, 0.6) is 0 Å². The Morgan fingerprint density at radius 1 is 1.32 bits per heavy atom. The van der Waals surface area contributed by atoms with Crippen LogP contribution in [-0.4, -0.2) is 44.2 Å². The lowest BCUT2D eigenvalue weighted by Crippen LogP contribution is -2.32. The predicted molar refractivity (Wildman–Crippen MR) is 75.7 cm³/mol. The van der Waals surface area contributed by atoms with Gasteiger partial charge in [-0.2, -0.15) is 11.8 Å². The number of nitrogens with zero attached hydrogens (tertiary/aromatic N) is 2. The minimum atomic E-state index is -3.61. The Kier molecular flexibility index (Phi) is 4.00. The second-order valence-electron chi connectivity index (χ2n) is 4.28. The standard InChI is InChI=1S/C11H14N2O4S2/c1-19(16,17)11-8-9(2-3-10(11)13(14)15)12-4-6-18-7-5-12/h2-3,8H,4-7H2,1H3. The molecule has 1 aromatic rings. The number of hydrogen-bond donors (Lipinski definition) is 0. The van der Waals surface area contributed by atoms with E-state index in [1.54, 1.807) is 6.07 Å². The molecule has 0 aliphatic carbocycles. The topological polar surface area (TPSA) is 80.5 Å². The van der Waals surface area contributed by atoms with Crippen molar-refractivity contribution in [2.75, 3.05) is 35.8 Å². The van der Waals surface area contributed by atoms with Crippen molar-refractivity contribution >= 4 is 33.0 Å². The number of nitro benzene ring substituents is 1. The number of nitro groups is 1. The molecule has 1 saturated heterocycles. The van der Waals surface area contributed by atoms with Gasteiger partial charge in [0.1, 0.15) is 4.90 Å². The summed E-state index contributed by atoms with van der Waals surface area (Å²) in [4.78, 5) is 12.1. The highest BCUT2D eigenvalue weighted by atomic mass is 32.2. The van der Waals surface area contributed by atoms with E-state index in [1.807, 2.05) is 11.8 Å². The fourth-order valence-electron chi connectivity index (χ4n) is 1.97. The fraction of sp³-hybridized carbons (Fsp3) is 0.455. The smallest absolute Gasteiger partial charge is 0.288 e. The normalized spacial score (nSPS) is 16.4. The zero-order chi connectivity index (χ0) is 14.0. The maximum atomic E-state index is 11.7. The van der Waals surface area contributed by atoms with Crippen LogP contribution in [-0.2, 0) is 9.84 Å². The molecule has 0 aromatic heterocycles. The Balaban J connectivity index is 2.46. The molecule has 1 aliphatic heterocycles. The van der Waals surface area contributed by atoms with Crippen molar-refractivity contribution in [3.8, 4) is 0 Å². The van der Waals surface area contributed by atoms with Gasteiger partial charge >= 0.3 is 0 Å². The Morgan fingerprint density at radius 2 is 1.95 bits per heavy atom. The Hall–Kier alpha value is -1.28. The van der Waals surface area contributed by atoms with Crippen molar-refractivity contribution < 1.29 is 13.3 Å². The van der Waals surface area contributed by atoms with Crippen LogP contribution >= 0.6 is 11.8 Å². The van der Waals surface area contributed by atoms with E-state index in [-0.39, 0.29) is 10.6 Å². The first-order chi connectivity index (χ1) is 8.89. The van der Waals surface area contributed by atoms with Crippen LogP contribution in [0.2, 0.25) is 0 Å². The van der Waals surface area contributed by atoms with Crippen LogP contribution in [0.25, 0.3) is 0 Å². The summed E-state index contributed by atoms with van der Waals surface area (Å²) in [6, 6.07) is 4.29. The third kappa shape index (κ3) is 3.19. The summed E-state index contributed by atoms with van der Waals surface area (Å²) in [5, 5.41) is 10.9. The summed E-state index contributed by atoms with van der Waals surface area (Å²) < 4.78 is 23.3. The maximum absolute atomic E-state index is 11.7. The highest BCUT2D eigenvalue weighted by Crippen LogP contribution is 2.29. The molecule has 2 rings (SSSR count). The lowest BCUT2D eigenvalue weighted by Gasteiger charge is -2.28. The van der Waals surface area contributed by atoms with Gasteiger partial charge in [0.2, 0.25) is 0 Å². The van der Waals surface area contributed by atoms with Gasteiger partial charge in [-0.3, -0.25) is 10.1 Å². The van der Waals surface area contributed by atoms with Gasteiger partial charge in [0, 0.05) is 42.6 Å². The second kappa shape index (κ2) is 5.38. The Labute approximate surface area is 115 Å². The highest BCUT2D eigenvalue weighted by Gasteiger charge is 2.24. The molecule has 8 heteroatoms. The summed E-state index contributed by atoms with van der Waals surface area (Å²) in [5.41, 5.74) is 0.365. The van der Waals surface area contributed by atoms with Gasteiger partial charge in [0.25, 0.3) is 5.69 Å². The molecule has 0 bridgehead atoms. The molecule has 0 atom stereocenters. The number of thioether (sulfide) groups is 1. The summed E-state index contributed by atoms with van der Waals surface area (Å²) >= 11 is 1.84. The van der Waals surface area contributed by atoms with Gasteiger partial charge in [-0.1, -0.05) is 0 Å². The molecule has 0 saturated carbocycles. The van der Waals surface area contributed by atoms with Gasteiger partial charge < -0.3 is 4.90 Å². The molecule has 0 radical (unpaired) electrons. The zero-order valence-corrected chi connectivity index (χ0v) is 12.0. The lowest BCUT2D eigenvalue weighted by molar-refractivity contribution is -0.387. The van der Waals surface area contributed by atoms with Crippen molar-refractivity contribution in [3.05, 3.63) is 28.3 Å². The molecule has 0 amide bonds. The second-order valence-corrected chi connectivity index (χ2v) is 7.49. The predicted octanol–water partition coefficient (Wildman–Crippen LogP) is 1.55. The van der Waals surface area contributed by atoms with Crippen LogP contribution in [0.15, 0.2) is 23.1 Å². The molecular formula is C11H14N2O4S2. The first kappa shape index (κ1) is 14.1. The number of anilines is 1. The quantitative estimate of drug-likeness (QED) is 0.622. The minimum absolute atomic E-state index is 0.215. The van der Waals surface area contributed by atoms with Crippen LogP contribution in [0.1, 0.15) is 0 Å². The largest absolute Gasteiger partial charge is 0.370 e. The van der Waals surface area contributed by atoms with Crippen LogP contribution in [0.3, 0.4) is 0 Å². The summed E-state index contributed by atoms with van der Waals surface area (Å²) in [6.45, 7) is 1.65. The molecule has 1 fully saturated rings. The van der Waals surface area contributed by atoms with E-state index in [2.05, 4.69) is 4.90 Å². The third-order valence-electron chi connectivity index (χ3n) is 2.92. The van der Waals surface area contributed by atoms with Crippen molar-refractivity contribution in [1.29, 1.82) is 0 Å². The summed E-state index contributed by atoms with van der Waals surface area (Å²) in [7, 11) is -3.61. The average Bonchev–Trinajstić information content (AvgIpc) is 2.38. The van der Waals surface area contributed by atoms with Gasteiger partial charge in [-0.15, -0.1) is 0 Å². The van der Waals surface area contributed by atoms with Gasteiger partial charge in [-0.25, -0.2) is 8.42 Å². The fourth-order valence-corrected chi connectivity index (χ4v) is 3.73. The molecule has 1 aromatic carbocycles. The van der Waals surface area contributed by atoms with Gasteiger partial charge in [0.15, 0.2) is 9.84 Å². The molecule has 1 aliphatic rings. The van der Waals surface area contributed by atoms with Crippen molar-refractivity contribution in [3.63, 3.8) is 0 Å². The van der Waals surface area contributed by atoms with Crippen molar-refractivity contribution in [2.24, 2.45) is 0 Å². The lowest BCUT2D eigenvalue weighted by atomic mass is 10.2. The molecule has 104 valence electrons. The van der Waals surface area contributed by atoms with E-state index < -0.39 is 14.8 Å². The molecule has 1 heterocycles. The van der Waals surface area contributed by atoms with Gasteiger partial charge in [0.05, 0.1) is 4.92 Å². The molecular weight excluding hydrogens is 288 g/mol. The molecule has 19 heavy (non-hydrogen) atoms.